The van der Waals surface area contributed by atoms with Crippen molar-refractivity contribution in [3.63, 3.8) is 0 Å². The third kappa shape index (κ3) is 4.99. The van der Waals surface area contributed by atoms with Crippen LogP contribution in [-0.4, -0.2) is 37.4 Å². The van der Waals surface area contributed by atoms with E-state index in [-0.39, 0.29) is 18.4 Å². The molecule has 2 amide bonds. The largest absolute Gasteiger partial charge is 0.347 e. The molecule has 0 atom stereocenters. The molecule has 4 heteroatoms. The monoisotopic (exact) mass is 248 g/mol. The highest BCUT2D eigenvalue weighted by Crippen LogP contribution is 2.05. The summed E-state index contributed by atoms with van der Waals surface area (Å²) >= 11 is 0. The van der Waals surface area contributed by atoms with Crippen LogP contribution in [0.3, 0.4) is 0 Å². The third-order valence-electron chi connectivity index (χ3n) is 2.70. The van der Waals surface area contributed by atoms with E-state index in [2.05, 4.69) is 5.32 Å². The standard InChI is InChI=1S/C14H20N2O2/c1-11-4-6-12(7-5-11)8-9-13(17)15-10-14(18)16(2)3/h4-7H,8-10H2,1-3H3,(H,15,17). The van der Waals surface area contributed by atoms with Crippen LogP contribution in [0, 0.1) is 6.92 Å². The van der Waals surface area contributed by atoms with Gasteiger partial charge in [-0.2, -0.15) is 0 Å². The number of carbonyl (C=O) groups is 2. The molecule has 0 aliphatic heterocycles. The lowest BCUT2D eigenvalue weighted by Crippen LogP contribution is -2.36. The summed E-state index contributed by atoms with van der Waals surface area (Å²) in [5.74, 6) is -0.190. The fourth-order valence-corrected chi connectivity index (χ4v) is 1.43. The van der Waals surface area contributed by atoms with Crippen LogP contribution in [0.25, 0.3) is 0 Å². The van der Waals surface area contributed by atoms with Gasteiger partial charge in [0.25, 0.3) is 0 Å². The van der Waals surface area contributed by atoms with E-state index in [0.717, 1.165) is 5.56 Å². The van der Waals surface area contributed by atoms with Gasteiger partial charge in [-0.25, -0.2) is 0 Å². The summed E-state index contributed by atoms with van der Waals surface area (Å²) in [5, 5.41) is 2.62. The van der Waals surface area contributed by atoms with E-state index >= 15 is 0 Å². The van der Waals surface area contributed by atoms with Gasteiger partial charge in [0.05, 0.1) is 6.54 Å². The SMILES string of the molecule is Cc1ccc(CCC(=O)NCC(=O)N(C)C)cc1. The summed E-state index contributed by atoms with van der Waals surface area (Å²) < 4.78 is 0. The zero-order valence-electron chi connectivity index (χ0n) is 11.2. The third-order valence-corrected chi connectivity index (χ3v) is 2.70. The van der Waals surface area contributed by atoms with Gasteiger partial charge in [0, 0.05) is 20.5 Å². The van der Waals surface area contributed by atoms with Gasteiger partial charge < -0.3 is 10.2 Å². The molecule has 1 rings (SSSR count). The number of likely N-dealkylation sites (N-methyl/N-ethyl adjacent to an activating group) is 1. The van der Waals surface area contributed by atoms with E-state index in [1.807, 2.05) is 31.2 Å². The van der Waals surface area contributed by atoms with Gasteiger partial charge in [-0.15, -0.1) is 0 Å². The summed E-state index contributed by atoms with van der Waals surface area (Å²) in [5.41, 5.74) is 2.34. The van der Waals surface area contributed by atoms with E-state index in [4.69, 9.17) is 0 Å². The van der Waals surface area contributed by atoms with Crippen LogP contribution in [0.5, 0.6) is 0 Å². The Morgan fingerprint density at radius 1 is 1.17 bits per heavy atom. The van der Waals surface area contributed by atoms with Gasteiger partial charge in [-0.1, -0.05) is 29.8 Å². The van der Waals surface area contributed by atoms with Crippen LogP contribution in [0.1, 0.15) is 17.5 Å². The second kappa shape index (κ2) is 6.79. The average Bonchev–Trinajstić information content (AvgIpc) is 2.35. The molecule has 0 saturated carbocycles. The average molecular weight is 248 g/mol. The Kier molecular flexibility index (Phi) is 5.36. The predicted octanol–water partition coefficient (Wildman–Crippen LogP) is 1.13. The summed E-state index contributed by atoms with van der Waals surface area (Å²) in [6.45, 7) is 2.10. The first-order valence-electron chi connectivity index (χ1n) is 6.01. The van der Waals surface area contributed by atoms with E-state index in [0.29, 0.717) is 12.8 Å². The van der Waals surface area contributed by atoms with Gasteiger partial charge in [0.15, 0.2) is 0 Å². The van der Waals surface area contributed by atoms with Crippen LogP contribution in [0.4, 0.5) is 0 Å². The highest BCUT2D eigenvalue weighted by Gasteiger charge is 2.07. The van der Waals surface area contributed by atoms with Crippen molar-refractivity contribution < 1.29 is 9.59 Å². The van der Waals surface area contributed by atoms with Gasteiger partial charge in [-0.3, -0.25) is 9.59 Å². The molecule has 0 aliphatic rings. The predicted molar refractivity (Wildman–Crippen MR) is 71.2 cm³/mol. The number of amides is 2. The van der Waals surface area contributed by atoms with Crippen LogP contribution >= 0.6 is 0 Å². The lowest BCUT2D eigenvalue weighted by atomic mass is 10.1. The van der Waals surface area contributed by atoms with Crippen molar-refractivity contribution in [1.29, 1.82) is 0 Å². The molecule has 0 aliphatic carbocycles. The molecule has 18 heavy (non-hydrogen) atoms. The van der Waals surface area contributed by atoms with Gasteiger partial charge in [-0.05, 0) is 18.9 Å². The van der Waals surface area contributed by atoms with Gasteiger partial charge >= 0.3 is 0 Å². The molecular weight excluding hydrogens is 228 g/mol. The quantitative estimate of drug-likeness (QED) is 0.849. The van der Waals surface area contributed by atoms with Crippen LogP contribution in [-0.2, 0) is 16.0 Å². The van der Waals surface area contributed by atoms with Crippen molar-refractivity contribution in [3.05, 3.63) is 35.4 Å². The Labute approximate surface area is 108 Å². The van der Waals surface area contributed by atoms with Crippen molar-refractivity contribution in [3.8, 4) is 0 Å². The fraction of sp³-hybridized carbons (Fsp3) is 0.429. The second-order valence-corrected chi connectivity index (χ2v) is 4.55. The smallest absolute Gasteiger partial charge is 0.241 e. The molecule has 0 saturated heterocycles. The normalized spacial score (nSPS) is 9.94. The maximum absolute atomic E-state index is 11.5. The van der Waals surface area contributed by atoms with Crippen LogP contribution in [0.15, 0.2) is 24.3 Å². The molecule has 0 bridgehead atoms. The molecule has 0 unspecified atom stereocenters. The first-order chi connectivity index (χ1) is 8.49. The number of aryl methyl sites for hydroxylation is 2. The Balaban J connectivity index is 2.29. The second-order valence-electron chi connectivity index (χ2n) is 4.55. The number of hydrogen-bond donors (Lipinski definition) is 1. The maximum Gasteiger partial charge on any atom is 0.241 e. The number of benzene rings is 1. The molecule has 0 aromatic heterocycles. The number of carbonyl (C=O) groups excluding carboxylic acids is 2. The Bertz CT molecular complexity index is 410. The topological polar surface area (TPSA) is 49.4 Å². The summed E-state index contributed by atoms with van der Waals surface area (Å²) in [6.07, 6.45) is 1.10. The fourth-order valence-electron chi connectivity index (χ4n) is 1.43. The molecule has 1 aromatic carbocycles. The van der Waals surface area contributed by atoms with E-state index in [9.17, 15) is 9.59 Å². The molecule has 1 N–H and O–H groups in total. The lowest BCUT2D eigenvalue weighted by molar-refractivity contribution is -0.130. The maximum atomic E-state index is 11.5. The number of nitrogens with one attached hydrogen (secondary N) is 1. The minimum absolute atomic E-state index is 0.0692. The molecule has 0 spiro atoms. The Morgan fingerprint density at radius 2 is 1.78 bits per heavy atom. The Morgan fingerprint density at radius 3 is 2.33 bits per heavy atom. The lowest BCUT2D eigenvalue weighted by Gasteiger charge is -2.10. The molecule has 4 nitrogen and oxygen atoms in total. The first-order valence-corrected chi connectivity index (χ1v) is 6.01. The first kappa shape index (κ1) is 14.2. The summed E-state index contributed by atoms with van der Waals surface area (Å²) in [7, 11) is 3.33. The number of rotatable bonds is 5. The van der Waals surface area contributed by atoms with E-state index in [1.165, 1.54) is 10.5 Å². The summed E-state index contributed by atoms with van der Waals surface area (Å²) in [6, 6.07) is 8.10. The van der Waals surface area contributed by atoms with Crippen LogP contribution in [0.2, 0.25) is 0 Å². The molecule has 0 heterocycles. The number of nitrogens with zero attached hydrogens (tertiary/aromatic N) is 1. The molecule has 0 radical (unpaired) electrons. The molecule has 0 fully saturated rings. The number of hydrogen-bond acceptors (Lipinski definition) is 2. The highest BCUT2D eigenvalue weighted by atomic mass is 16.2. The van der Waals surface area contributed by atoms with E-state index in [1.54, 1.807) is 14.1 Å². The Hall–Kier alpha value is -1.84. The van der Waals surface area contributed by atoms with Gasteiger partial charge in [0.1, 0.15) is 0 Å². The summed E-state index contributed by atoms with van der Waals surface area (Å²) in [4.78, 5) is 24.3. The van der Waals surface area contributed by atoms with E-state index < -0.39 is 0 Å². The van der Waals surface area contributed by atoms with Gasteiger partial charge in [0.2, 0.25) is 11.8 Å². The minimum Gasteiger partial charge on any atom is -0.347 e. The molecule has 1 aromatic rings. The van der Waals surface area contributed by atoms with Crippen LogP contribution < -0.4 is 5.32 Å². The van der Waals surface area contributed by atoms with Crippen molar-refractivity contribution in [2.24, 2.45) is 0 Å². The molecular formula is C14H20N2O2. The van der Waals surface area contributed by atoms with Crippen molar-refractivity contribution >= 4 is 11.8 Å². The van der Waals surface area contributed by atoms with Crippen molar-refractivity contribution in [2.45, 2.75) is 19.8 Å². The highest BCUT2D eigenvalue weighted by molar-refractivity contribution is 5.84. The van der Waals surface area contributed by atoms with Crippen molar-refractivity contribution in [1.82, 2.24) is 10.2 Å². The zero-order valence-corrected chi connectivity index (χ0v) is 11.2. The molecule has 98 valence electrons. The van der Waals surface area contributed by atoms with Crippen molar-refractivity contribution in [2.75, 3.05) is 20.6 Å². The minimum atomic E-state index is -0.0984. The zero-order chi connectivity index (χ0) is 13.5.